The molecule has 2 aromatic heterocycles. The predicted molar refractivity (Wildman–Crippen MR) is 62.3 cm³/mol. The van der Waals surface area contributed by atoms with Gasteiger partial charge in [0.05, 0.1) is 29.4 Å². The summed E-state index contributed by atoms with van der Waals surface area (Å²) < 4.78 is 6.32. The van der Waals surface area contributed by atoms with Crippen LogP contribution in [0.15, 0.2) is 17.6 Å². The largest absolute Gasteiger partial charge is 0.465 e. The lowest BCUT2D eigenvalue weighted by molar-refractivity contribution is 0.0601. The lowest BCUT2D eigenvalue weighted by Crippen LogP contribution is -1.98. The lowest BCUT2D eigenvalue weighted by Gasteiger charge is -1.99. The minimum atomic E-state index is -0.344. The topological polar surface area (TPSA) is 70.1 Å². The number of aromatic nitrogens is 2. The molecule has 2 N–H and O–H groups in total. The van der Waals surface area contributed by atoms with E-state index in [0.29, 0.717) is 11.3 Å². The van der Waals surface area contributed by atoms with Crippen molar-refractivity contribution in [3.63, 3.8) is 0 Å². The normalized spacial score (nSPS) is 10.4. The summed E-state index contributed by atoms with van der Waals surface area (Å²) in [7, 11) is 3.17. The first-order chi connectivity index (χ1) is 7.63. The Morgan fingerprint density at radius 2 is 2.38 bits per heavy atom. The van der Waals surface area contributed by atoms with Crippen LogP contribution in [-0.2, 0) is 11.8 Å². The summed E-state index contributed by atoms with van der Waals surface area (Å²) in [5.74, 6) is -0.344. The van der Waals surface area contributed by atoms with Crippen molar-refractivity contribution in [3.8, 4) is 10.6 Å². The monoisotopic (exact) mass is 237 g/mol. The van der Waals surface area contributed by atoms with E-state index in [1.807, 2.05) is 7.05 Å². The van der Waals surface area contributed by atoms with Gasteiger partial charge in [0.2, 0.25) is 0 Å². The molecule has 0 aliphatic heterocycles. The predicted octanol–water partition coefficient (Wildman–Crippen LogP) is 1.52. The standard InChI is InChI=1S/C10H11N3O2S/c1-13-9(7(11)4-12-13)8-3-6(5-16-8)10(14)15-2/h3-5H,11H2,1-2H3. The molecule has 0 amide bonds. The summed E-state index contributed by atoms with van der Waals surface area (Å²) in [5.41, 5.74) is 7.75. The van der Waals surface area contributed by atoms with Crippen LogP contribution >= 0.6 is 11.3 Å². The van der Waals surface area contributed by atoms with Crippen molar-refractivity contribution in [3.05, 3.63) is 23.2 Å². The first kappa shape index (κ1) is 10.7. The van der Waals surface area contributed by atoms with Crippen LogP contribution in [0.1, 0.15) is 10.4 Å². The van der Waals surface area contributed by atoms with E-state index in [4.69, 9.17) is 5.73 Å². The van der Waals surface area contributed by atoms with Crippen molar-refractivity contribution >= 4 is 23.0 Å². The SMILES string of the molecule is COC(=O)c1csc(-c2c(N)cnn2C)c1. The van der Waals surface area contributed by atoms with Crippen molar-refractivity contribution in [1.82, 2.24) is 9.78 Å². The van der Waals surface area contributed by atoms with Gasteiger partial charge in [-0.1, -0.05) is 0 Å². The van der Waals surface area contributed by atoms with E-state index >= 15 is 0 Å². The maximum absolute atomic E-state index is 11.3. The molecular weight excluding hydrogens is 226 g/mol. The number of ether oxygens (including phenoxy) is 1. The number of hydrogen-bond donors (Lipinski definition) is 1. The van der Waals surface area contributed by atoms with E-state index in [1.165, 1.54) is 18.4 Å². The van der Waals surface area contributed by atoms with Crippen molar-refractivity contribution in [1.29, 1.82) is 0 Å². The molecule has 0 aromatic carbocycles. The smallest absolute Gasteiger partial charge is 0.338 e. The maximum atomic E-state index is 11.3. The van der Waals surface area contributed by atoms with Crippen LogP contribution in [0, 0.1) is 0 Å². The van der Waals surface area contributed by atoms with Crippen LogP contribution < -0.4 is 5.73 Å². The summed E-state index contributed by atoms with van der Waals surface area (Å²) in [4.78, 5) is 12.2. The zero-order valence-electron chi connectivity index (χ0n) is 8.93. The Morgan fingerprint density at radius 1 is 1.62 bits per heavy atom. The van der Waals surface area contributed by atoms with Gasteiger partial charge < -0.3 is 10.5 Å². The third-order valence-corrected chi connectivity index (χ3v) is 3.16. The number of methoxy groups -OCH3 is 1. The van der Waals surface area contributed by atoms with Crippen LogP contribution in [0.2, 0.25) is 0 Å². The fourth-order valence-corrected chi connectivity index (χ4v) is 2.42. The molecule has 0 aliphatic rings. The van der Waals surface area contributed by atoms with Gasteiger partial charge in [-0.05, 0) is 6.07 Å². The Bertz CT molecular complexity index is 510. The molecule has 0 aliphatic carbocycles. The number of anilines is 1. The first-order valence-corrected chi connectivity index (χ1v) is 5.46. The zero-order valence-corrected chi connectivity index (χ0v) is 9.75. The Hall–Kier alpha value is -1.82. The van der Waals surface area contributed by atoms with E-state index in [9.17, 15) is 4.79 Å². The van der Waals surface area contributed by atoms with Gasteiger partial charge in [-0.15, -0.1) is 11.3 Å². The van der Waals surface area contributed by atoms with Crippen LogP contribution in [0.4, 0.5) is 5.69 Å². The molecule has 2 rings (SSSR count). The van der Waals surface area contributed by atoms with E-state index in [2.05, 4.69) is 9.84 Å². The van der Waals surface area contributed by atoms with E-state index in [1.54, 1.807) is 22.3 Å². The van der Waals surface area contributed by atoms with Gasteiger partial charge in [0.25, 0.3) is 0 Å². The summed E-state index contributed by atoms with van der Waals surface area (Å²) in [5, 5.41) is 5.79. The van der Waals surface area contributed by atoms with Crippen molar-refractivity contribution in [2.24, 2.45) is 7.05 Å². The molecule has 0 spiro atoms. The van der Waals surface area contributed by atoms with Crippen LogP contribution in [0.3, 0.4) is 0 Å². The lowest BCUT2D eigenvalue weighted by atomic mass is 10.2. The van der Waals surface area contributed by atoms with E-state index < -0.39 is 0 Å². The number of nitrogens with two attached hydrogens (primary N) is 1. The summed E-state index contributed by atoms with van der Waals surface area (Å²) >= 11 is 1.44. The molecule has 84 valence electrons. The maximum Gasteiger partial charge on any atom is 0.338 e. The number of rotatable bonds is 2. The third-order valence-electron chi connectivity index (χ3n) is 2.22. The second-order valence-electron chi connectivity index (χ2n) is 3.26. The quantitative estimate of drug-likeness (QED) is 0.804. The Balaban J connectivity index is 2.43. The Morgan fingerprint density at radius 3 is 2.94 bits per heavy atom. The number of nitrogen functional groups attached to an aromatic ring is 1. The Labute approximate surface area is 96.4 Å². The van der Waals surface area contributed by atoms with Gasteiger partial charge in [-0.25, -0.2) is 4.79 Å². The third kappa shape index (κ3) is 1.67. The highest BCUT2D eigenvalue weighted by Gasteiger charge is 2.14. The van der Waals surface area contributed by atoms with Gasteiger partial charge in [0, 0.05) is 12.4 Å². The molecule has 6 heteroatoms. The second kappa shape index (κ2) is 3.97. The van der Waals surface area contributed by atoms with Gasteiger partial charge in [-0.3, -0.25) is 4.68 Å². The van der Waals surface area contributed by atoms with Gasteiger partial charge in [-0.2, -0.15) is 5.10 Å². The summed E-state index contributed by atoms with van der Waals surface area (Å²) in [6.45, 7) is 0. The van der Waals surface area contributed by atoms with Crippen molar-refractivity contribution in [2.75, 3.05) is 12.8 Å². The van der Waals surface area contributed by atoms with Crippen molar-refractivity contribution < 1.29 is 9.53 Å². The molecule has 0 bridgehead atoms. The number of nitrogens with zero attached hydrogens (tertiary/aromatic N) is 2. The molecule has 0 unspecified atom stereocenters. The first-order valence-electron chi connectivity index (χ1n) is 4.58. The van der Waals surface area contributed by atoms with Crippen molar-refractivity contribution in [2.45, 2.75) is 0 Å². The van der Waals surface area contributed by atoms with E-state index in [-0.39, 0.29) is 5.97 Å². The average molecular weight is 237 g/mol. The molecule has 2 heterocycles. The number of hydrogen-bond acceptors (Lipinski definition) is 5. The molecule has 5 nitrogen and oxygen atoms in total. The fourth-order valence-electron chi connectivity index (χ4n) is 1.44. The molecule has 2 aromatic rings. The van der Waals surface area contributed by atoms with Crippen LogP contribution in [0.25, 0.3) is 10.6 Å². The minimum absolute atomic E-state index is 0.344. The minimum Gasteiger partial charge on any atom is -0.465 e. The Kier molecular flexibility index (Phi) is 2.66. The van der Waals surface area contributed by atoms with Gasteiger partial charge >= 0.3 is 5.97 Å². The van der Waals surface area contributed by atoms with Gasteiger partial charge in [0.15, 0.2) is 0 Å². The summed E-state index contributed by atoms with van der Waals surface area (Å²) in [6, 6.07) is 1.75. The fraction of sp³-hybridized carbons (Fsp3) is 0.200. The number of carbonyl (C=O) groups excluding carboxylic acids is 1. The molecular formula is C10H11N3O2S. The highest BCUT2D eigenvalue weighted by molar-refractivity contribution is 7.13. The number of carbonyl (C=O) groups is 1. The molecule has 0 saturated heterocycles. The highest BCUT2D eigenvalue weighted by atomic mass is 32.1. The molecule has 0 fully saturated rings. The molecule has 0 radical (unpaired) electrons. The molecule has 16 heavy (non-hydrogen) atoms. The molecule has 0 saturated carbocycles. The summed E-state index contributed by atoms with van der Waals surface area (Å²) in [6.07, 6.45) is 1.59. The van der Waals surface area contributed by atoms with E-state index in [0.717, 1.165) is 10.6 Å². The van der Waals surface area contributed by atoms with Gasteiger partial charge in [0.1, 0.15) is 5.69 Å². The number of esters is 1. The van der Waals surface area contributed by atoms with Crippen LogP contribution in [0.5, 0.6) is 0 Å². The highest BCUT2D eigenvalue weighted by Crippen LogP contribution is 2.31. The zero-order chi connectivity index (χ0) is 11.7. The number of thiophene rings is 1. The molecule has 0 atom stereocenters. The second-order valence-corrected chi connectivity index (χ2v) is 4.17. The average Bonchev–Trinajstić information content (AvgIpc) is 2.85. The number of aryl methyl sites for hydroxylation is 1. The van der Waals surface area contributed by atoms with Crippen LogP contribution in [-0.4, -0.2) is 22.9 Å².